The number of nitrogens with one attached hydrogen (secondary N) is 2. The first kappa shape index (κ1) is 21.6. The Kier molecular flexibility index (Phi) is 8.13. The number of carbonyl (C=O) groups excluding carboxylic acids is 2. The van der Waals surface area contributed by atoms with Gasteiger partial charge < -0.3 is 10.1 Å². The zero-order valence-electron chi connectivity index (χ0n) is 15.5. The Hall–Kier alpha value is -2.74. The number of benzene rings is 2. The number of rotatable bonds is 8. The average Bonchev–Trinajstić information content (AvgIpc) is 2.64. The van der Waals surface area contributed by atoms with Crippen molar-refractivity contribution in [3.05, 3.63) is 63.9 Å². The third-order valence-corrected chi connectivity index (χ3v) is 4.10. The molecule has 0 aliphatic carbocycles. The van der Waals surface area contributed by atoms with Gasteiger partial charge >= 0.3 is 0 Å². The molecule has 2 aromatic rings. The van der Waals surface area contributed by atoms with Crippen molar-refractivity contribution in [2.24, 2.45) is 5.10 Å². The van der Waals surface area contributed by atoms with Gasteiger partial charge in [-0.25, -0.2) is 9.82 Å². The number of carbonyl (C=O) groups is 2. The molecule has 2 aromatic carbocycles. The Morgan fingerprint density at radius 3 is 2.68 bits per heavy atom. The normalized spacial score (nSPS) is 10.9. The van der Waals surface area contributed by atoms with Crippen molar-refractivity contribution in [1.29, 1.82) is 0 Å². The van der Waals surface area contributed by atoms with Gasteiger partial charge in [0.2, 0.25) is 5.91 Å². The molecule has 6 nitrogen and oxygen atoms in total. The van der Waals surface area contributed by atoms with Gasteiger partial charge in [0.05, 0.1) is 22.4 Å². The van der Waals surface area contributed by atoms with E-state index in [0.29, 0.717) is 0 Å². The van der Waals surface area contributed by atoms with Gasteiger partial charge in [0, 0.05) is 13.0 Å². The molecule has 0 saturated carbocycles. The lowest BCUT2D eigenvalue weighted by molar-refractivity contribution is -0.120. The van der Waals surface area contributed by atoms with Gasteiger partial charge in [-0.2, -0.15) is 5.10 Å². The van der Waals surface area contributed by atoms with E-state index in [1.165, 1.54) is 24.4 Å². The minimum absolute atomic E-state index is 0.0163. The van der Waals surface area contributed by atoms with Crippen LogP contribution in [0.5, 0.6) is 5.75 Å². The first-order valence-electron chi connectivity index (χ1n) is 8.67. The lowest BCUT2D eigenvalue weighted by Gasteiger charge is -2.11. The van der Waals surface area contributed by atoms with Gasteiger partial charge in [0.15, 0.2) is 0 Å². The molecule has 0 aromatic heterocycles. The first-order valence-corrected chi connectivity index (χ1v) is 9.47. The van der Waals surface area contributed by atoms with Crippen LogP contribution in [0.3, 0.4) is 0 Å². The molecule has 0 unspecified atom stereocenters. The summed E-state index contributed by atoms with van der Waals surface area (Å²) in [6, 6.07) is 11.1. The van der Waals surface area contributed by atoms with Crippen molar-refractivity contribution in [3.63, 3.8) is 0 Å². The van der Waals surface area contributed by atoms with Crippen LogP contribution in [-0.2, 0) is 4.79 Å². The Bertz CT molecular complexity index is 872. The van der Waals surface area contributed by atoms with E-state index in [4.69, 9.17) is 4.74 Å². The summed E-state index contributed by atoms with van der Waals surface area (Å²) in [6.45, 7) is 3.95. The van der Waals surface area contributed by atoms with E-state index in [2.05, 4.69) is 31.8 Å². The summed E-state index contributed by atoms with van der Waals surface area (Å²) in [5.41, 5.74) is 3.10. The molecule has 0 spiro atoms. The number of hydrazone groups is 1. The molecule has 0 bridgehead atoms. The largest absolute Gasteiger partial charge is 0.490 e. The smallest absolute Gasteiger partial charge is 0.254 e. The maximum atomic E-state index is 13.5. The number of hydrogen-bond acceptors (Lipinski definition) is 4. The predicted molar refractivity (Wildman–Crippen MR) is 109 cm³/mol. The van der Waals surface area contributed by atoms with Gasteiger partial charge in [0.1, 0.15) is 11.6 Å². The molecule has 8 heteroatoms. The molecule has 2 amide bonds. The third-order valence-electron chi connectivity index (χ3n) is 3.48. The van der Waals surface area contributed by atoms with E-state index in [1.807, 2.05) is 32.0 Å². The topological polar surface area (TPSA) is 79.8 Å². The minimum atomic E-state index is -0.606. The molecule has 0 fully saturated rings. The van der Waals surface area contributed by atoms with Crippen LogP contribution in [0.25, 0.3) is 0 Å². The molecule has 0 aliphatic heterocycles. The Balaban J connectivity index is 1.77. The summed E-state index contributed by atoms with van der Waals surface area (Å²) in [6.07, 6.45) is 1.58. The summed E-state index contributed by atoms with van der Waals surface area (Å²) < 4.78 is 19.9. The van der Waals surface area contributed by atoms with Crippen LogP contribution in [-0.4, -0.2) is 30.7 Å². The number of hydrogen-bond donors (Lipinski definition) is 2. The van der Waals surface area contributed by atoms with Crippen molar-refractivity contribution in [3.8, 4) is 5.75 Å². The van der Waals surface area contributed by atoms with Crippen molar-refractivity contribution in [2.75, 3.05) is 6.54 Å². The third kappa shape index (κ3) is 6.77. The Morgan fingerprint density at radius 1 is 1.25 bits per heavy atom. The highest BCUT2D eigenvalue weighted by Crippen LogP contribution is 2.26. The van der Waals surface area contributed by atoms with Crippen LogP contribution < -0.4 is 15.5 Å². The van der Waals surface area contributed by atoms with Crippen LogP contribution in [0.1, 0.15) is 36.2 Å². The second kappa shape index (κ2) is 10.6. The second-order valence-corrected chi connectivity index (χ2v) is 6.99. The van der Waals surface area contributed by atoms with E-state index in [1.54, 1.807) is 6.07 Å². The standard InChI is InChI=1S/C20H21BrFN3O3/c1-13(2)28-18-8-7-14(11-16(18)21)12-24-25-19(26)9-10-23-20(27)15-5-3-4-6-17(15)22/h3-8,11-13H,9-10H2,1-2H3,(H,23,27)(H,25,26). The fourth-order valence-corrected chi connectivity index (χ4v) is 2.70. The van der Waals surface area contributed by atoms with Gasteiger partial charge in [-0.15, -0.1) is 0 Å². The number of ether oxygens (including phenoxy) is 1. The second-order valence-electron chi connectivity index (χ2n) is 6.14. The van der Waals surface area contributed by atoms with E-state index in [9.17, 15) is 14.0 Å². The number of halogens is 2. The van der Waals surface area contributed by atoms with Crippen molar-refractivity contribution >= 4 is 34.0 Å². The highest BCUT2D eigenvalue weighted by Gasteiger charge is 2.10. The molecule has 2 rings (SSSR count). The lowest BCUT2D eigenvalue weighted by atomic mass is 10.2. The average molecular weight is 450 g/mol. The summed E-state index contributed by atoms with van der Waals surface area (Å²) >= 11 is 3.43. The Morgan fingerprint density at radius 2 is 2.00 bits per heavy atom. The molecule has 28 heavy (non-hydrogen) atoms. The molecule has 0 radical (unpaired) electrons. The van der Waals surface area contributed by atoms with Crippen LogP contribution in [0, 0.1) is 5.82 Å². The van der Waals surface area contributed by atoms with Gasteiger partial charge in [-0.05, 0) is 65.7 Å². The van der Waals surface area contributed by atoms with Crippen LogP contribution >= 0.6 is 15.9 Å². The fourth-order valence-electron chi connectivity index (χ4n) is 2.21. The zero-order chi connectivity index (χ0) is 20.5. The molecule has 0 heterocycles. The quantitative estimate of drug-likeness (QED) is 0.476. The summed E-state index contributed by atoms with van der Waals surface area (Å²) in [4.78, 5) is 23.6. The van der Waals surface area contributed by atoms with E-state index in [-0.39, 0.29) is 30.5 Å². The van der Waals surface area contributed by atoms with Crippen LogP contribution in [0.15, 0.2) is 52.0 Å². The highest BCUT2D eigenvalue weighted by atomic mass is 79.9. The van der Waals surface area contributed by atoms with Crippen molar-refractivity contribution in [2.45, 2.75) is 26.4 Å². The lowest BCUT2D eigenvalue weighted by Crippen LogP contribution is -2.29. The molecule has 0 aliphatic rings. The summed E-state index contributed by atoms with van der Waals surface area (Å²) in [5.74, 6) is -0.821. The monoisotopic (exact) mass is 449 g/mol. The summed E-state index contributed by atoms with van der Waals surface area (Å²) in [5, 5.41) is 6.38. The number of amides is 2. The van der Waals surface area contributed by atoms with E-state index < -0.39 is 11.7 Å². The predicted octanol–water partition coefficient (Wildman–Crippen LogP) is 3.65. The zero-order valence-corrected chi connectivity index (χ0v) is 17.1. The minimum Gasteiger partial charge on any atom is -0.490 e. The SMILES string of the molecule is CC(C)Oc1ccc(C=NNC(=O)CCNC(=O)c2ccccc2F)cc1Br. The molecule has 148 valence electrons. The van der Waals surface area contributed by atoms with E-state index >= 15 is 0 Å². The van der Waals surface area contributed by atoms with E-state index in [0.717, 1.165) is 15.8 Å². The van der Waals surface area contributed by atoms with Crippen LogP contribution in [0.4, 0.5) is 4.39 Å². The highest BCUT2D eigenvalue weighted by molar-refractivity contribution is 9.10. The Labute approximate surface area is 171 Å². The molecule has 0 atom stereocenters. The van der Waals surface area contributed by atoms with Crippen molar-refractivity contribution in [1.82, 2.24) is 10.7 Å². The maximum Gasteiger partial charge on any atom is 0.254 e. The first-order chi connectivity index (χ1) is 13.4. The summed E-state index contributed by atoms with van der Waals surface area (Å²) in [7, 11) is 0. The van der Waals surface area contributed by atoms with Gasteiger partial charge in [-0.1, -0.05) is 12.1 Å². The molecule has 0 saturated heterocycles. The van der Waals surface area contributed by atoms with Gasteiger partial charge in [0.25, 0.3) is 5.91 Å². The maximum absolute atomic E-state index is 13.5. The molecular weight excluding hydrogens is 429 g/mol. The molecule has 2 N–H and O–H groups in total. The molecular formula is C20H21BrFN3O3. The number of nitrogens with zero attached hydrogens (tertiary/aromatic N) is 1. The fraction of sp³-hybridized carbons (Fsp3) is 0.250. The van der Waals surface area contributed by atoms with Crippen molar-refractivity contribution < 1.29 is 18.7 Å². The van der Waals surface area contributed by atoms with Gasteiger partial charge in [-0.3, -0.25) is 9.59 Å². The van der Waals surface area contributed by atoms with Crippen LogP contribution in [0.2, 0.25) is 0 Å².